The Labute approximate surface area is 165 Å². The molecule has 2 heterocycles. The lowest BCUT2D eigenvalue weighted by Gasteiger charge is -2.29. The third kappa shape index (κ3) is 3.18. The fraction of sp³-hybridized carbons (Fsp3) is 0.158. The minimum atomic E-state index is -5.02. The summed E-state index contributed by atoms with van der Waals surface area (Å²) in [5, 5.41) is 24.4. The molecule has 1 atom stereocenters. The van der Waals surface area contributed by atoms with Crippen LogP contribution in [0.5, 0.6) is 0 Å². The van der Waals surface area contributed by atoms with Crippen LogP contribution in [0.1, 0.15) is 15.4 Å². The summed E-state index contributed by atoms with van der Waals surface area (Å²) in [6.45, 7) is -0.526. The number of alkyl halides is 3. The van der Waals surface area contributed by atoms with Crippen molar-refractivity contribution in [1.29, 1.82) is 0 Å². The van der Waals surface area contributed by atoms with Crippen molar-refractivity contribution in [2.24, 2.45) is 0 Å². The topological polar surface area (TPSA) is 71.2 Å². The molecule has 0 amide bonds. The first-order valence-electron chi connectivity index (χ1n) is 8.33. The third-order valence-electron chi connectivity index (χ3n) is 4.51. The molecule has 0 saturated carbocycles. The van der Waals surface area contributed by atoms with Crippen LogP contribution >= 0.6 is 11.3 Å². The molecule has 0 spiro atoms. The van der Waals surface area contributed by atoms with Crippen molar-refractivity contribution in [3.63, 3.8) is 0 Å². The summed E-state index contributed by atoms with van der Waals surface area (Å²) in [5.41, 5.74) is -2.66. The van der Waals surface area contributed by atoms with Crippen LogP contribution in [0.15, 0.2) is 54.9 Å². The third-order valence-corrected chi connectivity index (χ3v) is 5.60. The molecule has 10 heteroatoms. The van der Waals surface area contributed by atoms with E-state index in [4.69, 9.17) is 5.11 Å². The molecule has 2 N–H and O–H groups in total. The molecule has 0 radical (unpaired) electrons. The Morgan fingerprint density at radius 2 is 1.76 bits per heavy atom. The van der Waals surface area contributed by atoms with Gasteiger partial charge < -0.3 is 10.2 Å². The highest BCUT2D eigenvalue weighted by Crippen LogP contribution is 2.46. The van der Waals surface area contributed by atoms with Crippen molar-refractivity contribution >= 4 is 22.2 Å². The molecule has 2 aromatic heterocycles. The molecule has 0 aliphatic heterocycles. The number of hydrogen-bond donors (Lipinski definition) is 2. The molecular formula is C19H13F4N3O2S. The quantitative estimate of drug-likeness (QED) is 0.489. The van der Waals surface area contributed by atoms with Crippen molar-refractivity contribution in [3.05, 3.63) is 76.1 Å². The zero-order valence-electron chi connectivity index (χ0n) is 14.6. The van der Waals surface area contributed by atoms with E-state index in [9.17, 15) is 22.7 Å². The zero-order valence-corrected chi connectivity index (χ0v) is 15.4. The number of benzene rings is 2. The number of hydrogen-bond acceptors (Lipinski definition) is 5. The van der Waals surface area contributed by atoms with Crippen LogP contribution in [-0.4, -0.2) is 31.2 Å². The molecule has 0 bridgehead atoms. The van der Waals surface area contributed by atoms with Crippen LogP contribution in [0.2, 0.25) is 0 Å². The van der Waals surface area contributed by atoms with E-state index in [0.717, 1.165) is 12.3 Å². The van der Waals surface area contributed by atoms with Crippen LogP contribution in [0.25, 0.3) is 16.6 Å². The Bertz CT molecular complexity index is 1170. The average Bonchev–Trinajstić information content (AvgIpc) is 3.34. The number of aliphatic hydroxyl groups is 2. The molecular weight excluding hydrogens is 410 g/mol. The fourth-order valence-electron chi connectivity index (χ4n) is 3.04. The summed E-state index contributed by atoms with van der Waals surface area (Å²) in [6.07, 6.45) is -2.74. The number of aromatic nitrogens is 3. The summed E-state index contributed by atoms with van der Waals surface area (Å²) < 4.78 is 56.3. The van der Waals surface area contributed by atoms with Crippen molar-refractivity contribution < 1.29 is 27.8 Å². The van der Waals surface area contributed by atoms with E-state index < -0.39 is 34.6 Å². The predicted octanol–water partition coefficient (Wildman–Crippen LogP) is 3.91. The maximum atomic E-state index is 13.9. The number of halogens is 4. The van der Waals surface area contributed by atoms with Gasteiger partial charge in [-0.05, 0) is 42.0 Å². The Hall–Kier alpha value is -2.82. The molecule has 29 heavy (non-hydrogen) atoms. The van der Waals surface area contributed by atoms with Crippen molar-refractivity contribution in [2.45, 2.75) is 18.4 Å². The van der Waals surface area contributed by atoms with Gasteiger partial charge in [-0.3, -0.25) is 0 Å². The second kappa shape index (κ2) is 6.90. The Morgan fingerprint density at radius 1 is 1.03 bits per heavy atom. The van der Waals surface area contributed by atoms with Gasteiger partial charge in [0.05, 0.1) is 28.9 Å². The number of thiazole rings is 1. The highest BCUT2D eigenvalue weighted by atomic mass is 32.1. The van der Waals surface area contributed by atoms with Gasteiger partial charge >= 0.3 is 6.18 Å². The van der Waals surface area contributed by atoms with Crippen LogP contribution < -0.4 is 0 Å². The van der Waals surface area contributed by atoms with Gasteiger partial charge in [0, 0.05) is 11.6 Å². The fourth-order valence-corrected chi connectivity index (χ4v) is 3.95. The van der Waals surface area contributed by atoms with E-state index in [0.29, 0.717) is 27.9 Å². The maximum Gasteiger partial charge on any atom is 0.426 e. The molecule has 1 unspecified atom stereocenters. The summed E-state index contributed by atoms with van der Waals surface area (Å²) >= 11 is 0.583. The average molecular weight is 423 g/mol. The van der Waals surface area contributed by atoms with Crippen LogP contribution in [0.3, 0.4) is 0 Å². The molecule has 150 valence electrons. The lowest BCUT2D eigenvalue weighted by Crippen LogP contribution is -2.42. The number of aliphatic hydroxyl groups excluding tert-OH is 1. The smallest absolute Gasteiger partial charge is 0.389 e. The molecule has 0 saturated heterocycles. The van der Waals surface area contributed by atoms with Gasteiger partial charge in [0.25, 0.3) is 0 Å². The van der Waals surface area contributed by atoms with Gasteiger partial charge in [-0.2, -0.15) is 18.3 Å². The van der Waals surface area contributed by atoms with Gasteiger partial charge in [0.2, 0.25) is 5.60 Å². The van der Waals surface area contributed by atoms with E-state index in [2.05, 4.69) is 10.1 Å². The van der Waals surface area contributed by atoms with Crippen molar-refractivity contribution in [1.82, 2.24) is 14.8 Å². The Balaban J connectivity index is 1.84. The summed E-state index contributed by atoms with van der Waals surface area (Å²) in [4.78, 5) is 3.27. The Kier molecular flexibility index (Phi) is 4.64. The summed E-state index contributed by atoms with van der Waals surface area (Å²) in [6, 6.07) is 9.27. The van der Waals surface area contributed by atoms with E-state index in [1.165, 1.54) is 47.3 Å². The predicted molar refractivity (Wildman–Crippen MR) is 98.1 cm³/mol. The molecule has 4 rings (SSSR count). The number of nitrogens with zero attached hydrogens (tertiary/aromatic N) is 3. The van der Waals surface area contributed by atoms with Gasteiger partial charge in [0.15, 0.2) is 0 Å². The van der Waals surface area contributed by atoms with Crippen LogP contribution in [0.4, 0.5) is 17.6 Å². The van der Waals surface area contributed by atoms with Gasteiger partial charge in [-0.25, -0.2) is 14.1 Å². The van der Waals surface area contributed by atoms with Gasteiger partial charge in [0.1, 0.15) is 10.8 Å². The summed E-state index contributed by atoms with van der Waals surface area (Å²) in [5.74, 6) is -0.422. The summed E-state index contributed by atoms with van der Waals surface area (Å²) in [7, 11) is 0. The first-order valence-corrected chi connectivity index (χ1v) is 9.15. The van der Waals surface area contributed by atoms with E-state index in [1.54, 1.807) is 0 Å². The second-order valence-corrected chi connectivity index (χ2v) is 7.41. The van der Waals surface area contributed by atoms with E-state index >= 15 is 0 Å². The second-order valence-electron chi connectivity index (χ2n) is 6.29. The van der Waals surface area contributed by atoms with Gasteiger partial charge in [-0.15, -0.1) is 11.3 Å². The van der Waals surface area contributed by atoms with Crippen molar-refractivity contribution in [3.8, 4) is 5.69 Å². The standard InChI is InChI=1S/C19H13F4N3O2S/c20-13-2-4-14(5-3-13)26-15-6-1-12(7-11(15)8-25-26)18(28,19(21,22)23)16-9-24-17(10-27)29-16/h1-9,27-28H,10H2. The molecule has 0 aliphatic rings. The molecule has 5 nitrogen and oxygen atoms in total. The van der Waals surface area contributed by atoms with Crippen LogP contribution in [-0.2, 0) is 12.2 Å². The molecule has 2 aromatic carbocycles. The maximum absolute atomic E-state index is 13.9. The van der Waals surface area contributed by atoms with E-state index in [-0.39, 0.29) is 5.01 Å². The highest BCUT2D eigenvalue weighted by molar-refractivity contribution is 7.11. The monoisotopic (exact) mass is 423 g/mol. The lowest BCUT2D eigenvalue weighted by molar-refractivity contribution is -0.247. The first kappa shape index (κ1) is 19.5. The first-order chi connectivity index (χ1) is 13.7. The molecule has 4 aromatic rings. The zero-order chi connectivity index (χ0) is 20.8. The molecule has 0 fully saturated rings. The van der Waals surface area contributed by atoms with Crippen molar-refractivity contribution in [2.75, 3.05) is 0 Å². The minimum absolute atomic E-state index is 0.0629. The normalized spacial score (nSPS) is 14.3. The molecule has 0 aliphatic carbocycles. The SMILES string of the molecule is OCc1ncc(C(O)(c2ccc3c(cnn3-c3ccc(F)cc3)c2)C(F)(F)F)s1. The Morgan fingerprint density at radius 3 is 2.38 bits per heavy atom. The number of rotatable bonds is 4. The van der Waals surface area contributed by atoms with E-state index in [1.807, 2.05) is 0 Å². The minimum Gasteiger partial charge on any atom is -0.389 e. The van der Waals surface area contributed by atoms with Crippen LogP contribution in [0, 0.1) is 5.82 Å². The largest absolute Gasteiger partial charge is 0.426 e. The highest BCUT2D eigenvalue weighted by Gasteiger charge is 2.57. The lowest BCUT2D eigenvalue weighted by atomic mass is 9.91. The van der Waals surface area contributed by atoms with Gasteiger partial charge in [-0.1, -0.05) is 6.07 Å². The number of fused-ring (bicyclic) bond motifs is 1.